The van der Waals surface area contributed by atoms with Gasteiger partial charge in [0.1, 0.15) is 5.69 Å². The van der Waals surface area contributed by atoms with Gasteiger partial charge in [-0.25, -0.2) is 0 Å². The highest BCUT2D eigenvalue weighted by Crippen LogP contribution is 2.24. The normalized spacial score (nSPS) is 22.8. The Morgan fingerprint density at radius 1 is 1.61 bits per heavy atom. The van der Waals surface area contributed by atoms with Crippen LogP contribution in [-0.2, 0) is 11.8 Å². The molecular weight excluding hydrogens is 296 g/mol. The molecule has 5 heteroatoms. The highest BCUT2D eigenvalue weighted by molar-refractivity contribution is 9.10. The van der Waals surface area contributed by atoms with E-state index in [9.17, 15) is 4.79 Å². The maximum atomic E-state index is 12.2. The maximum absolute atomic E-state index is 12.2. The van der Waals surface area contributed by atoms with Gasteiger partial charge in [-0.2, -0.15) is 0 Å². The van der Waals surface area contributed by atoms with E-state index in [1.54, 1.807) is 0 Å². The second kappa shape index (κ2) is 5.05. The fourth-order valence-electron chi connectivity index (χ4n) is 2.36. The number of nitrogens with one attached hydrogen (secondary N) is 1. The van der Waals surface area contributed by atoms with Gasteiger partial charge in [-0.15, -0.1) is 0 Å². The Morgan fingerprint density at radius 3 is 2.89 bits per heavy atom. The van der Waals surface area contributed by atoms with Gasteiger partial charge >= 0.3 is 0 Å². The van der Waals surface area contributed by atoms with Crippen molar-refractivity contribution >= 4 is 21.8 Å². The van der Waals surface area contributed by atoms with Gasteiger partial charge in [0.25, 0.3) is 5.91 Å². The minimum Gasteiger partial charge on any atom is -0.375 e. The molecule has 1 saturated heterocycles. The summed E-state index contributed by atoms with van der Waals surface area (Å²) >= 11 is 3.37. The Morgan fingerprint density at radius 2 is 2.33 bits per heavy atom. The van der Waals surface area contributed by atoms with Gasteiger partial charge in [-0.05, 0) is 48.7 Å². The van der Waals surface area contributed by atoms with E-state index in [1.807, 2.05) is 23.9 Å². The van der Waals surface area contributed by atoms with Gasteiger partial charge < -0.3 is 14.6 Å². The molecule has 2 rings (SSSR count). The number of carbonyl (C=O) groups excluding carboxylic acids is 1. The van der Waals surface area contributed by atoms with Gasteiger partial charge in [-0.1, -0.05) is 0 Å². The molecule has 0 spiro atoms. The quantitative estimate of drug-likeness (QED) is 0.911. The van der Waals surface area contributed by atoms with E-state index < -0.39 is 0 Å². The van der Waals surface area contributed by atoms with Crippen LogP contribution in [0, 0.1) is 0 Å². The van der Waals surface area contributed by atoms with Crippen molar-refractivity contribution in [2.24, 2.45) is 7.05 Å². The summed E-state index contributed by atoms with van der Waals surface area (Å²) in [5.41, 5.74) is 0.525. The molecule has 1 atom stereocenters. The number of carbonyl (C=O) groups is 1. The molecule has 0 radical (unpaired) electrons. The van der Waals surface area contributed by atoms with Crippen molar-refractivity contribution in [3.8, 4) is 0 Å². The summed E-state index contributed by atoms with van der Waals surface area (Å²) in [5, 5.41) is 3.08. The molecule has 18 heavy (non-hydrogen) atoms. The smallest absolute Gasteiger partial charge is 0.268 e. The zero-order valence-corrected chi connectivity index (χ0v) is 12.6. The van der Waals surface area contributed by atoms with Crippen molar-refractivity contribution in [2.45, 2.75) is 38.3 Å². The highest BCUT2D eigenvalue weighted by Gasteiger charge is 2.30. The van der Waals surface area contributed by atoms with Crippen molar-refractivity contribution in [1.82, 2.24) is 9.88 Å². The summed E-state index contributed by atoms with van der Waals surface area (Å²) in [6, 6.07) is 2.02. The minimum absolute atomic E-state index is 0.0223. The third-order valence-corrected chi connectivity index (χ3v) is 3.67. The SMILES string of the molecule is Cn1cc(Br)cc1C(=O)NC1CCOC(C)(C)C1. The van der Waals surface area contributed by atoms with Crippen LogP contribution in [0.3, 0.4) is 0 Å². The number of rotatable bonds is 2. The summed E-state index contributed by atoms with van der Waals surface area (Å²) in [7, 11) is 1.87. The lowest BCUT2D eigenvalue weighted by Crippen LogP contribution is -2.46. The fraction of sp³-hybridized carbons (Fsp3) is 0.615. The van der Waals surface area contributed by atoms with Gasteiger partial charge in [0.05, 0.1) is 5.60 Å². The number of hydrogen-bond acceptors (Lipinski definition) is 2. The van der Waals surface area contributed by atoms with E-state index in [4.69, 9.17) is 4.74 Å². The minimum atomic E-state index is -0.148. The van der Waals surface area contributed by atoms with Gasteiger partial charge in [0.2, 0.25) is 0 Å². The molecular formula is C13H19BrN2O2. The summed E-state index contributed by atoms with van der Waals surface area (Å²) in [6.07, 6.45) is 3.61. The number of aromatic nitrogens is 1. The average molecular weight is 315 g/mol. The van der Waals surface area contributed by atoms with Crippen molar-refractivity contribution in [2.75, 3.05) is 6.61 Å². The predicted octanol–water partition coefficient (Wildman–Crippen LogP) is 2.48. The third-order valence-electron chi connectivity index (χ3n) is 3.24. The van der Waals surface area contributed by atoms with Crippen LogP contribution in [0.25, 0.3) is 0 Å². The van der Waals surface area contributed by atoms with E-state index >= 15 is 0 Å². The Kier molecular flexibility index (Phi) is 3.82. The molecule has 0 aromatic carbocycles. The first kappa shape index (κ1) is 13.6. The van der Waals surface area contributed by atoms with Crippen LogP contribution in [0.5, 0.6) is 0 Å². The van der Waals surface area contributed by atoms with Crippen molar-refractivity contribution < 1.29 is 9.53 Å². The van der Waals surface area contributed by atoms with Crippen LogP contribution in [0.1, 0.15) is 37.2 Å². The van der Waals surface area contributed by atoms with E-state index in [0.29, 0.717) is 12.3 Å². The van der Waals surface area contributed by atoms with Gasteiger partial charge in [-0.3, -0.25) is 4.79 Å². The Bertz CT molecular complexity index is 454. The zero-order chi connectivity index (χ0) is 13.3. The molecule has 1 amide bonds. The lowest BCUT2D eigenvalue weighted by Gasteiger charge is -2.35. The molecule has 1 N–H and O–H groups in total. The van der Waals surface area contributed by atoms with Crippen molar-refractivity contribution in [1.29, 1.82) is 0 Å². The molecule has 4 nitrogen and oxygen atoms in total. The Labute approximate surface area is 116 Å². The fourth-order valence-corrected chi connectivity index (χ4v) is 2.89. The number of amides is 1. The van der Waals surface area contributed by atoms with Crippen LogP contribution in [0.4, 0.5) is 0 Å². The van der Waals surface area contributed by atoms with Gasteiger partial charge in [0.15, 0.2) is 0 Å². The van der Waals surface area contributed by atoms with Crippen molar-refractivity contribution in [3.63, 3.8) is 0 Å². The van der Waals surface area contributed by atoms with Gasteiger partial charge in [0, 0.05) is 30.4 Å². The first-order valence-corrected chi connectivity index (χ1v) is 6.93. The molecule has 1 unspecified atom stereocenters. The molecule has 1 aliphatic heterocycles. The third kappa shape index (κ3) is 3.14. The average Bonchev–Trinajstić information content (AvgIpc) is 2.56. The first-order chi connectivity index (χ1) is 8.37. The molecule has 1 aromatic rings. The molecule has 0 bridgehead atoms. The number of halogens is 1. The predicted molar refractivity (Wildman–Crippen MR) is 73.6 cm³/mol. The number of aryl methyl sites for hydroxylation is 1. The van der Waals surface area contributed by atoms with Crippen LogP contribution < -0.4 is 5.32 Å². The van der Waals surface area contributed by atoms with Crippen LogP contribution in [0.2, 0.25) is 0 Å². The van der Waals surface area contributed by atoms with E-state index in [-0.39, 0.29) is 17.6 Å². The van der Waals surface area contributed by atoms with E-state index in [1.165, 1.54) is 0 Å². The van der Waals surface area contributed by atoms with Crippen LogP contribution in [-0.4, -0.2) is 28.7 Å². The molecule has 2 heterocycles. The topological polar surface area (TPSA) is 43.3 Å². The molecule has 0 saturated carbocycles. The molecule has 1 fully saturated rings. The number of hydrogen-bond donors (Lipinski definition) is 1. The van der Waals surface area contributed by atoms with E-state index in [2.05, 4.69) is 35.1 Å². The molecule has 0 aliphatic carbocycles. The molecule has 1 aromatic heterocycles. The molecule has 100 valence electrons. The second-order valence-electron chi connectivity index (χ2n) is 5.43. The molecule has 1 aliphatic rings. The largest absolute Gasteiger partial charge is 0.375 e. The summed E-state index contributed by atoms with van der Waals surface area (Å²) in [6.45, 7) is 4.82. The lowest BCUT2D eigenvalue weighted by molar-refractivity contribution is -0.0615. The summed E-state index contributed by atoms with van der Waals surface area (Å²) in [5.74, 6) is -0.0223. The summed E-state index contributed by atoms with van der Waals surface area (Å²) < 4.78 is 8.39. The van der Waals surface area contributed by atoms with Crippen molar-refractivity contribution in [3.05, 3.63) is 22.4 Å². The summed E-state index contributed by atoms with van der Waals surface area (Å²) in [4.78, 5) is 12.2. The van der Waals surface area contributed by atoms with Crippen LogP contribution in [0.15, 0.2) is 16.7 Å². The lowest BCUT2D eigenvalue weighted by atomic mass is 9.94. The monoisotopic (exact) mass is 314 g/mol. The second-order valence-corrected chi connectivity index (χ2v) is 6.34. The maximum Gasteiger partial charge on any atom is 0.268 e. The Hall–Kier alpha value is -0.810. The first-order valence-electron chi connectivity index (χ1n) is 6.14. The van der Waals surface area contributed by atoms with E-state index in [0.717, 1.165) is 17.3 Å². The van der Waals surface area contributed by atoms with Crippen LogP contribution >= 0.6 is 15.9 Å². The zero-order valence-electron chi connectivity index (χ0n) is 11.0. The standard InChI is InChI=1S/C13H19BrN2O2/c1-13(2)7-10(4-5-18-13)15-12(17)11-6-9(14)8-16(11)3/h6,8,10H,4-5,7H2,1-3H3,(H,15,17). The highest BCUT2D eigenvalue weighted by atomic mass is 79.9. The Balaban J connectivity index is 2.01. The number of nitrogens with zero attached hydrogens (tertiary/aromatic N) is 1. The number of ether oxygens (including phenoxy) is 1.